The third kappa shape index (κ3) is 5.62. The van der Waals surface area contributed by atoms with Crippen LogP contribution in [0.15, 0.2) is 96.1 Å². The summed E-state index contributed by atoms with van der Waals surface area (Å²) in [6.07, 6.45) is -3.82. The van der Waals surface area contributed by atoms with Crippen molar-refractivity contribution in [3.8, 4) is 0 Å². The van der Waals surface area contributed by atoms with Crippen LogP contribution >= 0.6 is 11.6 Å². The van der Waals surface area contributed by atoms with E-state index in [0.29, 0.717) is 18.0 Å². The number of nitrogens with one attached hydrogen (secondary N) is 1. The standard InChI is InChI=1S/C28H25ClF3N3O/c1-19(2)16-27(21-6-4-3-5-7-21)18-35(34-26(27)20-8-12-23(29)13-9-20)17-25(36)33-24-14-10-22(11-15-24)28(30,31)32/h3-15H,1,16-18H2,2H3,(H,33,36). The number of alkyl halides is 3. The Morgan fingerprint density at radius 3 is 2.28 bits per heavy atom. The maximum Gasteiger partial charge on any atom is 0.416 e. The first-order chi connectivity index (χ1) is 17.1. The third-order valence-electron chi connectivity index (χ3n) is 6.02. The van der Waals surface area contributed by atoms with Crippen molar-refractivity contribution < 1.29 is 18.0 Å². The lowest BCUT2D eigenvalue weighted by molar-refractivity contribution is -0.137. The normalized spacial score (nSPS) is 17.6. The van der Waals surface area contributed by atoms with Crippen LogP contribution in [0.2, 0.25) is 5.02 Å². The van der Waals surface area contributed by atoms with Gasteiger partial charge in [0.1, 0.15) is 6.54 Å². The molecule has 1 amide bonds. The van der Waals surface area contributed by atoms with Crippen LogP contribution in [0.4, 0.5) is 18.9 Å². The Morgan fingerprint density at radius 2 is 1.69 bits per heavy atom. The van der Waals surface area contributed by atoms with E-state index in [0.717, 1.165) is 34.5 Å². The fourth-order valence-corrected chi connectivity index (χ4v) is 4.67. The molecule has 8 heteroatoms. The van der Waals surface area contributed by atoms with E-state index in [1.165, 1.54) is 12.1 Å². The summed E-state index contributed by atoms with van der Waals surface area (Å²) in [6, 6.07) is 21.7. The monoisotopic (exact) mass is 511 g/mol. The number of halogens is 4. The van der Waals surface area contributed by atoms with Gasteiger partial charge in [0.25, 0.3) is 0 Å². The van der Waals surface area contributed by atoms with E-state index in [9.17, 15) is 18.0 Å². The van der Waals surface area contributed by atoms with Gasteiger partial charge in [-0.15, -0.1) is 6.58 Å². The second-order valence-corrected chi connectivity index (χ2v) is 9.42. The summed E-state index contributed by atoms with van der Waals surface area (Å²) in [6.45, 7) is 6.47. The zero-order valence-electron chi connectivity index (χ0n) is 19.6. The molecule has 0 radical (unpaired) electrons. The summed E-state index contributed by atoms with van der Waals surface area (Å²) < 4.78 is 38.5. The molecule has 1 aliphatic rings. The van der Waals surface area contributed by atoms with Crippen molar-refractivity contribution in [1.82, 2.24) is 5.01 Å². The number of rotatable bonds is 7. The van der Waals surface area contributed by atoms with E-state index < -0.39 is 17.2 Å². The summed E-state index contributed by atoms with van der Waals surface area (Å²) in [5, 5.41) is 9.82. The number of amides is 1. The van der Waals surface area contributed by atoms with Crippen molar-refractivity contribution in [1.29, 1.82) is 0 Å². The summed E-state index contributed by atoms with van der Waals surface area (Å²) in [4.78, 5) is 12.8. The van der Waals surface area contributed by atoms with Crippen molar-refractivity contribution in [3.63, 3.8) is 0 Å². The van der Waals surface area contributed by atoms with Crippen molar-refractivity contribution in [3.05, 3.63) is 113 Å². The molecule has 0 fully saturated rings. The van der Waals surface area contributed by atoms with E-state index in [1.54, 1.807) is 17.1 Å². The predicted molar refractivity (Wildman–Crippen MR) is 137 cm³/mol. The highest BCUT2D eigenvalue weighted by Gasteiger charge is 2.45. The molecule has 0 spiro atoms. The van der Waals surface area contributed by atoms with Crippen LogP contribution in [-0.2, 0) is 16.4 Å². The van der Waals surface area contributed by atoms with Crippen LogP contribution in [0, 0.1) is 0 Å². The van der Waals surface area contributed by atoms with Crippen molar-refractivity contribution in [2.75, 3.05) is 18.4 Å². The number of hydrogen-bond donors (Lipinski definition) is 1. The van der Waals surface area contributed by atoms with Gasteiger partial charge in [-0.05, 0) is 60.9 Å². The van der Waals surface area contributed by atoms with Crippen LogP contribution in [0.5, 0.6) is 0 Å². The predicted octanol–water partition coefficient (Wildman–Crippen LogP) is 6.92. The topological polar surface area (TPSA) is 44.7 Å². The van der Waals surface area contributed by atoms with Gasteiger partial charge >= 0.3 is 6.18 Å². The van der Waals surface area contributed by atoms with Crippen LogP contribution < -0.4 is 5.32 Å². The molecule has 3 aromatic rings. The highest BCUT2D eigenvalue weighted by molar-refractivity contribution is 6.30. The van der Waals surface area contributed by atoms with Gasteiger partial charge < -0.3 is 5.32 Å². The van der Waals surface area contributed by atoms with E-state index in [4.69, 9.17) is 16.7 Å². The number of hydrogen-bond acceptors (Lipinski definition) is 3. The molecule has 1 N–H and O–H groups in total. The Kier molecular flexibility index (Phi) is 7.22. The number of allylic oxidation sites excluding steroid dienone is 1. The molecule has 1 aliphatic heterocycles. The maximum absolute atomic E-state index is 12.8. The van der Waals surface area contributed by atoms with Gasteiger partial charge in [0.15, 0.2) is 0 Å². The minimum atomic E-state index is -4.44. The zero-order valence-corrected chi connectivity index (χ0v) is 20.4. The van der Waals surface area contributed by atoms with Gasteiger partial charge in [0.2, 0.25) is 5.91 Å². The maximum atomic E-state index is 12.8. The molecule has 4 rings (SSSR count). The highest BCUT2D eigenvalue weighted by Crippen LogP contribution is 2.40. The molecule has 0 saturated carbocycles. The molecule has 0 saturated heterocycles. The van der Waals surface area contributed by atoms with Gasteiger partial charge in [0.05, 0.1) is 23.2 Å². The average molecular weight is 512 g/mol. The first-order valence-electron chi connectivity index (χ1n) is 11.3. The van der Waals surface area contributed by atoms with Gasteiger partial charge in [-0.25, -0.2) is 0 Å². The number of hydrazone groups is 1. The molecule has 1 atom stereocenters. The first-order valence-corrected chi connectivity index (χ1v) is 11.7. The Balaban J connectivity index is 1.62. The van der Waals surface area contributed by atoms with Crippen molar-refractivity contribution >= 4 is 28.9 Å². The number of nitrogens with zero attached hydrogens (tertiary/aromatic N) is 2. The Bertz CT molecular complexity index is 1270. The lowest BCUT2D eigenvalue weighted by Crippen LogP contribution is -2.40. The second-order valence-electron chi connectivity index (χ2n) is 8.98. The smallest absolute Gasteiger partial charge is 0.324 e. The van der Waals surface area contributed by atoms with Crippen molar-refractivity contribution in [2.24, 2.45) is 5.10 Å². The Morgan fingerprint density at radius 1 is 1.06 bits per heavy atom. The molecule has 4 nitrogen and oxygen atoms in total. The summed E-state index contributed by atoms with van der Waals surface area (Å²) in [7, 11) is 0. The molecule has 0 aromatic heterocycles. The van der Waals surface area contributed by atoms with Crippen LogP contribution in [0.3, 0.4) is 0 Å². The Labute approximate surface area is 213 Å². The minimum Gasteiger partial charge on any atom is -0.324 e. The van der Waals surface area contributed by atoms with Crippen LogP contribution in [0.1, 0.15) is 30.0 Å². The summed E-state index contributed by atoms with van der Waals surface area (Å²) in [5.74, 6) is -0.381. The molecule has 36 heavy (non-hydrogen) atoms. The van der Waals surface area contributed by atoms with Crippen LogP contribution in [0.25, 0.3) is 0 Å². The summed E-state index contributed by atoms with van der Waals surface area (Å²) in [5.41, 5.74) is 2.67. The molecular weight excluding hydrogens is 487 g/mol. The number of carbonyl (C=O) groups is 1. The summed E-state index contributed by atoms with van der Waals surface area (Å²) >= 11 is 6.12. The SMILES string of the molecule is C=C(C)CC1(c2ccccc2)CN(CC(=O)Nc2ccc(C(F)(F)F)cc2)N=C1c1ccc(Cl)cc1. The lowest BCUT2D eigenvalue weighted by atomic mass is 9.70. The largest absolute Gasteiger partial charge is 0.416 e. The van der Waals surface area contributed by atoms with E-state index >= 15 is 0 Å². The van der Waals surface area contributed by atoms with Gasteiger partial charge in [0, 0.05) is 10.7 Å². The first kappa shape index (κ1) is 25.5. The second kappa shape index (κ2) is 10.2. The van der Waals surface area contributed by atoms with Gasteiger partial charge in [-0.1, -0.05) is 59.6 Å². The number of carbonyl (C=O) groups excluding carboxylic acids is 1. The number of benzene rings is 3. The van der Waals surface area contributed by atoms with E-state index in [1.807, 2.05) is 49.4 Å². The number of anilines is 1. The molecule has 0 aliphatic carbocycles. The fraction of sp³-hybridized carbons (Fsp3) is 0.214. The highest BCUT2D eigenvalue weighted by atomic mass is 35.5. The zero-order chi connectivity index (χ0) is 25.9. The molecule has 0 bridgehead atoms. The average Bonchev–Trinajstić information content (AvgIpc) is 3.17. The van der Waals surface area contributed by atoms with Crippen LogP contribution in [-0.4, -0.2) is 29.7 Å². The third-order valence-corrected chi connectivity index (χ3v) is 6.27. The van der Waals surface area contributed by atoms with E-state index in [-0.39, 0.29) is 18.1 Å². The molecule has 3 aromatic carbocycles. The van der Waals surface area contributed by atoms with E-state index in [2.05, 4.69) is 11.9 Å². The molecular formula is C28H25ClF3N3O. The molecule has 1 heterocycles. The molecule has 1 unspecified atom stereocenters. The van der Waals surface area contributed by atoms with Gasteiger partial charge in [-0.2, -0.15) is 18.3 Å². The van der Waals surface area contributed by atoms with Crippen molar-refractivity contribution in [2.45, 2.75) is 24.9 Å². The quantitative estimate of drug-likeness (QED) is 0.350. The minimum absolute atomic E-state index is 0.0666. The van der Waals surface area contributed by atoms with Gasteiger partial charge in [-0.3, -0.25) is 9.80 Å². The lowest BCUT2D eigenvalue weighted by Gasteiger charge is -2.32. The fourth-order valence-electron chi connectivity index (χ4n) is 4.54. The molecule has 186 valence electrons. The Hall–Kier alpha value is -3.58.